The number of esters is 1. The van der Waals surface area contributed by atoms with Gasteiger partial charge in [0.15, 0.2) is 5.69 Å². The molecule has 0 N–H and O–H groups in total. The van der Waals surface area contributed by atoms with E-state index in [-0.39, 0.29) is 11.6 Å². The number of hydrogen-bond donors (Lipinski definition) is 0. The van der Waals surface area contributed by atoms with E-state index in [4.69, 9.17) is 5.26 Å². The van der Waals surface area contributed by atoms with Gasteiger partial charge in [-0.2, -0.15) is 5.26 Å². The van der Waals surface area contributed by atoms with Crippen molar-refractivity contribution in [2.24, 2.45) is 5.92 Å². The molecule has 2 rings (SSSR count). The van der Waals surface area contributed by atoms with Crippen LogP contribution in [0.15, 0.2) is 12.3 Å². The van der Waals surface area contributed by atoms with E-state index >= 15 is 0 Å². The van der Waals surface area contributed by atoms with Gasteiger partial charge in [0.2, 0.25) is 5.95 Å². The minimum atomic E-state index is -0.467. The third kappa shape index (κ3) is 2.56. The SMILES string of the molecule is COC(=O)c1ccnc(N2CCC(C#N)CC2)n1. The van der Waals surface area contributed by atoms with E-state index in [0.717, 1.165) is 25.9 Å². The largest absolute Gasteiger partial charge is 0.464 e. The normalized spacial score (nSPS) is 16.1. The van der Waals surface area contributed by atoms with Crippen molar-refractivity contribution in [3.05, 3.63) is 18.0 Å². The molecule has 1 aliphatic rings. The zero-order valence-corrected chi connectivity index (χ0v) is 10.2. The smallest absolute Gasteiger partial charge is 0.356 e. The van der Waals surface area contributed by atoms with Crippen molar-refractivity contribution >= 4 is 11.9 Å². The molecule has 2 heterocycles. The maximum absolute atomic E-state index is 11.4. The summed E-state index contributed by atoms with van der Waals surface area (Å²) in [5.74, 6) is 0.171. The molecule has 1 fully saturated rings. The number of nitrogens with zero attached hydrogens (tertiary/aromatic N) is 4. The molecule has 0 unspecified atom stereocenters. The lowest BCUT2D eigenvalue weighted by molar-refractivity contribution is 0.0594. The average Bonchev–Trinajstić information content (AvgIpc) is 2.46. The third-order valence-corrected chi connectivity index (χ3v) is 3.00. The summed E-state index contributed by atoms with van der Waals surface area (Å²) in [6.45, 7) is 1.48. The van der Waals surface area contributed by atoms with Gasteiger partial charge in [0.05, 0.1) is 13.2 Å². The van der Waals surface area contributed by atoms with Crippen molar-refractivity contribution in [1.82, 2.24) is 9.97 Å². The van der Waals surface area contributed by atoms with Gasteiger partial charge in [-0.3, -0.25) is 0 Å². The minimum absolute atomic E-state index is 0.116. The highest BCUT2D eigenvalue weighted by molar-refractivity contribution is 5.87. The number of nitriles is 1. The number of rotatable bonds is 2. The molecule has 0 amide bonds. The molecule has 0 saturated carbocycles. The molecule has 94 valence electrons. The van der Waals surface area contributed by atoms with E-state index < -0.39 is 5.97 Å². The number of carbonyl (C=O) groups excluding carboxylic acids is 1. The maximum atomic E-state index is 11.4. The topological polar surface area (TPSA) is 79.1 Å². The van der Waals surface area contributed by atoms with E-state index in [1.54, 1.807) is 6.20 Å². The molecule has 0 atom stereocenters. The molecule has 18 heavy (non-hydrogen) atoms. The number of carbonyl (C=O) groups is 1. The quantitative estimate of drug-likeness (QED) is 0.724. The molecule has 0 radical (unpaired) electrons. The Bertz CT molecular complexity index is 475. The third-order valence-electron chi connectivity index (χ3n) is 3.00. The summed E-state index contributed by atoms with van der Waals surface area (Å²) >= 11 is 0. The molecule has 6 heteroatoms. The average molecular weight is 246 g/mol. The minimum Gasteiger partial charge on any atom is -0.464 e. The van der Waals surface area contributed by atoms with Gasteiger partial charge in [0.1, 0.15) is 0 Å². The monoisotopic (exact) mass is 246 g/mol. The molecule has 1 saturated heterocycles. The van der Waals surface area contributed by atoms with Gasteiger partial charge in [0, 0.05) is 25.2 Å². The Kier molecular flexibility index (Phi) is 3.72. The lowest BCUT2D eigenvalue weighted by Crippen LogP contribution is -2.34. The van der Waals surface area contributed by atoms with Gasteiger partial charge < -0.3 is 9.64 Å². The van der Waals surface area contributed by atoms with Crippen molar-refractivity contribution in [1.29, 1.82) is 5.26 Å². The van der Waals surface area contributed by atoms with E-state index in [9.17, 15) is 4.79 Å². The van der Waals surface area contributed by atoms with Crippen LogP contribution < -0.4 is 4.90 Å². The summed E-state index contributed by atoms with van der Waals surface area (Å²) in [5.41, 5.74) is 0.255. The molecule has 1 aromatic heterocycles. The van der Waals surface area contributed by atoms with Crippen molar-refractivity contribution in [2.45, 2.75) is 12.8 Å². The Balaban J connectivity index is 2.10. The Morgan fingerprint density at radius 3 is 2.89 bits per heavy atom. The first-order valence-electron chi connectivity index (χ1n) is 5.80. The van der Waals surface area contributed by atoms with Crippen molar-refractivity contribution in [3.8, 4) is 6.07 Å². The van der Waals surface area contributed by atoms with E-state index in [0.29, 0.717) is 5.95 Å². The molecule has 0 spiro atoms. The lowest BCUT2D eigenvalue weighted by atomic mass is 9.99. The molecule has 1 aliphatic heterocycles. The summed E-state index contributed by atoms with van der Waals surface area (Å²) in [6, 6.07) is 3.80. The highest BCUT2D eigenvalue weighted by Crippen LogP contribution is 2.19. The molecule has 0 bridgehead atoms. The maximum Gasteiger partial charge on any atom is 0.356 e. The number of aromatic nitrogens is 2. The van der Waals surface area contributed by atoms with Crippen LogP contribution in [-0.4, -0.2) is 36.1 Å². The molecule has 1 aromatic rings. The van der Waals surface area contributed by atoms with Crippen LogP contribution in [0, 0.1) is 17.2 Å². The van der Waals surface area contributed by atoms with Gasteiger partial charge in [-0.15, -0.1) is 0 Å². The number of piperidine rings is 1. The van der Waals surface area contributed by atoms with Crippen LogP contribution in [0.3, 0.4) is 0 Å². The predicted octanol–water partition coefficient (Wildman–Crippen LogP) is 1.00. The molecular formula is C12H14N4O2. The highest BCUT2D eigenvalue weighted by Gasteiger charge is 2.21. The zero-order chi connectivity index (χ0) is 13.0. The van der Waals surface area contributed by atoms with Crippen LogP contribution in [0.2, 0.25) is 0 Å². The number of hydrogen-bond acceptors (Lipinski definition) is 6. The van der Waals surface area contributed by atoms with Crippen LogP contribution in [-0.2, 0) is 4.74 Å². The molecule has 6 nitrogen and oxygen atoms in total. The Hall–Kier alpha value is -2.16. The van der Waals surface area contributed by atoms with Gasteiger partial charge in [-0.25, -0.2) is 14.8 Å². The van der Waals surface area contributed by atoms with E-state index in [1.165, 1.54) is 13.2 Å². The second-order valence-electron chi connectivity index (χ2n) is 4.12. The molecule has 0 aliphatic carbocycles. The fourth-order valence-electron chi connectivity index (χ4n) is 1.93. The van der Waals surface area contributed by atoms with Crippen LogP contribution >= 0.6 is 0 Å². The molecule has 0 aromatic carbocycles. The fraction of sp³-hybridized carbons (Fsp3) is 0.500. The predicted molar refractivity (Wildman–Crippen MR) is 63.9 cm³/mol. The Morgan fingerprint density at radius 1 is 1.56 bits per heavy atom. The van der Waals surface area contributed by atoms with E-state index in [1.807, 2.05) is 4.90 Å². The lowest BCUT2D eigenvalue weighted by Gasteiger charge is -2.29. The number of anilines is 1. The number of methoxy groups -OCH3 is 1. The van der Waals surface area contributed by atoms with E-state index in [2.05, 4.69) is 20.8 Å². The summed E-state index contributed by atoms with van der Waals surface area (Å²) < 4.78 is 4.62. The second kappa shape index (κ2) is 5.45. The zero-order valence-electron chi connectivity index (χ0n) is 10.2. The highest BCUT2D eigenvalue weighted by atomic mass is 16.5. The Morgan fingerprint density at radius 2 is 2.28 bits per heavy atom. The Labute approximate surface area is 105 Å². The first-order chi connectivity index (χ1) is 8.74. The summed E-state index contributed by atoms with van der Waals surface area (Å²) in [7, 11) is 1.32. The van der Waals surface area contributed by atoms with Gasteiger partial charge >= 0.3 is 5.97 Å². The van der Waals surface area contributed by atoms with Gasteiger partial charge in [-0.05, 0) is 18.9 Å². The first-order valence-corrected chi connectivity index (χ1v) is 5.80. The van der Waals surface area contributed by atoms with Crippen molar-refractivity contribution in [3.63, 3.8) is 0 Å². The summed E-state index contributed by atoms with van der Waals surface area (Å²) in [4.78, 5) is 21.7. The van der Waals surface area contributed by atoms with Crippen LogP contribution in [0.5, 0.6) is 0 Å². The van der Waals surface area contributed by atoms with Gasteiger partial charge in [0.25, 0.3) is 0 Å². The first kappa shape index (κ1) is 12.3. The summed E-state index contributed by atoms with van der Waals surface area (Å²) in [6.07, 6.45) is 3.16. The number of ether oxygens (including phenoxy) is 1. The standard InChI is InChI=1S/C12H14N4O2/c1-18-11(17)10-2-5-14-12(15-10)16-6-3-9(8-13)4-7-16/h2,5,9H,3-4,6-7H2,1H3. The fourth-order valence-corrected chi connectivity index (χ4v) is 1.93. The van der Waals surface area contributed by atoms with Crippen LogP contribution in [0.1, 0.15) is 23.3 Å². The van der Waals surface area contributed by atoms with Crippen LogP contribution in [0.25, 0.3) is 0 Å². The summed E-state index contributed by atoms with van der Waals surface area (Å²) in [5, 5.41) is 8.84. The van der Waals surface area contributed by atoms with Crippen LogP contribution in [0.4, 0.5) is 5.95 Å². The second-order valence-corrected chi connectivity index (χ2v) is 4.12. The molecular weight excluding hydrogens is 232 g/mol. The van der Waals surface area contributed by atoms with Crippen molar-refractivity contribution in [2.75, 3.05) is 25.1 Å². The van der Waals surface area contributed by atoms with Crippen molar-refractivity contribution < 1.29 is 9.53 Å². The van der Waals surface area contributed by atoms with Gasteiger partial charge in [-0.1, -0.05) is 0 Å².